The lowest BCUT2D eigenvalue weighted by molar-refractivity contribution is 0.0695. The summed E-state index contributed by atoms with van der Waals surface area (Å²) in [5.41, 5.74) is -0.399. The Labute approximate surface area is 99.0 Å². The smallest absolute Gasteiger partial charge is 0.336 e. The van der Waals surface area contributed by atoms with Gasteiger partial charge in [-0.15, -0.1) is 0 Å². The summed E-state index contributed by atoms with van der Waals surface area (Å²) in [6, 6.07) is 2.11. The highest BCUT2D eigenvalue weighted by Gasteiger charge is 2.26. The highest BCUT2D eigenvalue weighted by molar-refractivity contribution is 7.92. The second-order valence-electron chi connectivity index (χ2n) is 3.95. The van der Waals surface area contributed by atoms with Crippen LogP contribution in [-0.2, 0) is 9.84 Å². The molecule has 94 valence electrons. The number of sulfone groups is 1. The van der Waals surface area contributed by atoms with Crippen molar-refractivity contribution < 1.29 is 22.7 Å². The molecule has 0 fully saturated rings. The molecule has 0 aromatic heterocycles. The Morgan fingerprint density at radius 3 is 2.29 bits per heavy atom. The SMILES string of the molecule is Cc1c(C(=O)O)ccc(S(=O)(=O)C(C)C)c1F. The van der Waals surface area contributed by atoms with Gasteiger partial charge in [0.05, 0.1) is 10.8 Å². The van der Waals surface area contributed by atoms with Crippen LogP contribution in [0.25, 0.3) is 0 Å². The van der Waals surface area contributed by atoms with E-state index < -0.39 is 31.8 Å². The summed E-state index contributed by atoms with van der Waals surface area (Å²) in [6.45, 7) is 4.13. The van der Waals surface area contributed by atoms with E-state index in [1.807, 2.05) is 0 Å². The van der Waals surface area contributed by atoms with E-state index >= 15 is 0 Å². The summed E-state index contributed by atoms with van der Waals surface area (Å²) < 4.78 is 37.4. The van der Waals surface area contributed by atoms with Gasteiger partial charge in [-0.25, -0.2) is 17.6 Å². The maximum Gasteiger partial charge on any atom is 0.336 e. The first-order chi connectivity index (χ1) is 7.69. The van der Waals surface area contributed by atoms with Gasteiger partial charge in [0.15, 0.2) is 9.84 Å². The van der Waals surface area contributed by atoms with Crippen molar-refractivity contribution in [2.45, 2.75) is 30.9 Å². The molecule has 1 N–H and O–H groups in total. The van der Waals surface area contributed by atoms with Gasteiger partial charge in [-0.2, -0.15) is 0 Å². The maximum absolute atomic E-state index is 13.8. The number of carbonyl (C=O) groups is 1. The van der Waals surface area contributed by atoms with Crippen LogP contribution in [0.3, 0.4) is 0 Å². The van der Waals surface area contributed by atoms with E-state index in [9.17, 15) is 17.6 Å². The van der Waals surface area contributed by atoms with Crippen LogP contribution in [0.5, 0.6) is 0 Å². The van der Waals surface area contributed by atoms with Gasteiger partial charge in [-0.1, -0.05) is 0 Å². The summed E-state index contributed by atoms with van der Waals surface area (Å²) in [4.78, 5) is 10.3. The monoisotopic (exact) mass is 260 g/mol. The Bertz CT molecular complexity index is 561. The number of benzene rings is 1. The zero-order chi connectivity index (χ0) is 13.4. The minimum absolute atomic E-state index is 0.167. The molecule has 1 aromatic carbocycles. The third kappa shape index (κ3) is 2.31. The molecule has 0 aliphatic rings. The van der Waals surface area contributed by atoms with Crippen LogP contribution in [-0.4, -0.2) is 24.7 Å². The standard InChI is InChI=1S/C11H13FO4S/c1-6(2)17(15,16)9-5-4-8(11(13)14)7(3)10(9)12/h4-6H,1-3H3,(H,13,14). The Hall–Kier alpha value is -1.43. The summed E-state index contributed by atoms with van der Waals surface area (Å²) in [7, 11) is -3.74. The minimum atomic E-state index is -3.74. The van der Waals surface area contributed by atoms with E-state index in [1.54, 1.807) is 0 Å². The van der Waals surface area contributed by atoms with Crippen LogP contribution >= 0.6 is 0 Å². The summed E-state index contributed by atoms with van der Waals surface area (Å²) >= 11 is 0. The molecule has 0 saturated carbocycles. The average molecular weight is 260 g/mol. The van der Waals surface area contributed by atoms with Gasteiger partial charge >= 0.3 is 5.97 Å². The molecule has 17 heavy (non-hydrogen) atoms. The zero-order valence-corrected chi connectivity index (χ0v) is 10.5. The summed E-state index contributed by atoms with van der Waals surface area (Å²) in [6.07, 6.45) is 0. The van der Waals surface area contributed by atoms with Crippen LogP contribution < -0.4 is 0 Å². The number of carboxylic acid groups (broad SMARTS) is 1. The van der Waals surface area contributed by atoms with Crippen molar-refractivity contribution in [3.63, 3.8) is 0 Å². The number of hydrogen-bond acceptors (Lipinski definition) is 3. The zero-order valence-electron chi connectivity index (χ0n) is 9.69. The lowest BCUT2D eigenvalue weighted by Crippen LogP contribution is -2.17. The van der Waals surface area contributed by atoms with Crippen molar-refractivity contribution in [1.29, 1.82) is 0 Å². The third-order valence-electron chi connectivity index (χ3n) is 2.51. The quantitative estimate of drug-likeness (QED) is 0.902. The van der Waals surface area contributed by atoms with Crippen molar-refractivity contribution in [2.24, 2.45) is 0 Å². The van der Waals surface area contributed by atoms with E-state index in [0.717, 1.165) is 12.1 Å². The van der Waals surface area contributed by atoms with Gasteiger partial charge in [0.1, 0.15) is 10.7 Å². The highest BCUT2D eigenvalue weighted by Crippen LogP contribution is 2.24. The van der Waals surface area contributed by atoms with Crippen LogP contribution in [0.15, 0.2) is 17.0 Å². The molecule has 0 unspecified atom stereocenters. The van der Waals surface area contributed by atoms with Crippen molar-refractivity contribution in [3.8, 4) is 0 Å². The van der Waals surface area contributed by atoms with E-state index in [-0.39, 0.29) is 11.1 Å². The molecule has 4 nitrogen and oxygen atoms in total. The lowest BCUT2D eigenvalue weighted by Gasteiger charge is -2.11. The second kappa shape index (κ2) is 4.44. The van der Waals surface area contributed by atoms with Crippen molar-refractivity contribution in [1.82, 2.24) is 0 Å². The van der Waals surface area contributed by atoms with Crippen molar-refractivity contribution >= 4 is 15.8 Å². The van der Waals surface area contributed by atoms with Crippen LogP contribution in [0.4, 0.5) is 4.39 Å². The largest absolute Gasteiger partial charge is 0.478 e. The maximum atomic E-state index is 13.8. The minimum Gasteiger partial charge on any atom is -0.478 e. The van der Waals surface area contributed by atoms with Gasteiger partial charge in [0, 0.05) is 5.56 Å². The first-order valence-electron chi connectivity index (χ1n) is 4.96. The molecule has 0 radical (unpaired) electrons. The van der Waals surface area contributed by atoms with Crippen LogP contribution in [0.2, 0.25) is 0 Å². The third-order valence-corrected chi connectivity index (χ3v) is 4.68. The fourth-order valence-corrected chi connectivity index (χ4v) is 2.53. The second-order valence-corrected chi connectivity index (χ2v) is 6.42. The molecule has 0 aliphatic heterocycles. The lowest BCUT2D eigenvalue weighted by atomic mass is 10.1. The van der Waals surface area contributed by atoms with E-state index in [4.69, 9.17) is 5.11 Å². The van der Waals surface area contributed by atoms with Gasteiger partial charge in [0.25, 0.3) is 0 Å². The fourth-order valence-electron chi connectivity index (χ4n) is 1.37. The first kappa shape index (κ1) is 13.6. The Kier molecular flexibility index (Phi) is 3.56. The van der Waals surface area contributed by atoms with Gasteiger partial charge < -0.3 is 5.11 Å². The normalized spacial score (nSPS) is 11.8. The predicted octanol–water partition coefficient (Wildman–Crippen LogP) is 2.01. The van der Waals surface area contributed by atoms with Crippen LogP contribution in [0, 0.1) is 12.7 Å². The number of carboxylic acids is 1. The Morgan fingerprint density at radius 1 is 1.35 bits per heavy atom. The fraction of sp³-hybridized carbons (Fsp3) is 0.364. The average Bonchev–Trinajstić information content (AvgIpc) is 2.20. The van der Waals surface area contributed by atoms with E-state index in [0.29, 0.717) is 0 Å². The number of halogens is 1. The van der Waals surface area contributed by atoms with Gasteiger partial charge in [-0.3, -0.25) is 0 Å². The molecule has 0 amide bonds. The van der Waals surface area contributed by atoms with Crippen LogP contribution in [0.1, 0.15) is 29.8 Å². The topological polar surface area (TPSA) is 71.4 Å². The molecule has 0 atom stereocenters. The van der Waals surface area contributed by atoms with Crippen molar-refractivity contribution in [2.75, 3.05) is 0 Å². The molecule has 0 spiro atoms. The Balaban J connectivity index is 3.52. The number of hydrogen-bond donors (Lipinski definition) is 1. The van der Waals surface area contributed by atoms with Gasteiger partial charge in [0.2, 0.25) is 0 Å². The van der Waals surface area contributed by atoms with Gasteiger partial charge in [-0.05, 0) is 32.9 Å². The molecule has 1 rings (SSSR count). The van der Waals surface area contributed by atoms with Crippen molar-refractivity contribution in [3.05, 3.63) is 29.1 Å². The molecule has 1 aromatic rings. The molecule has 0 aliphatic carbocycles. The summed E-state index contributed by atoms with van der Waals surface area (Å²) in [5, 5.41) is 8.02. The molecule has 0 heterocycles. The number of aromatic carboxylic acids is 1. The molecule has 6 heteroatoms. The van der Waals surface area contributed by atoms with E-state index in [1.165, 1.54) is 20.8 Å². The predicted molar refractivity (Wildman–Crippen MR) is 60.4 cm³/mol. The van der Waals surface area contributed by atoms with E-state index in [2.05, 4.69) is 0 Å². The molecule has 0 saturated heterocycles. The molecular formula is C11H13FO4S. The number of rotatable bonds is 3. The summed E-state index contributed by atoms with van der Waals surface area (Å²) in [5.74, 6) is -2.27. The molecule has 0 bridgehead atoms. The Morgan fingerprint density at radius 2 is 1.88 bits per heavy atom. The molecular weight excluding hydrogens is 247 g/mol. The highest BCUT2D eigenvalue weighted by atomic mass is 32.2. The first-order valence-corrected chi connectivity index (χ1v) is 6.50.